The van der Waals surface area contributed by atoms with Gasteiger partial charge in [0.1, 0.15) is 5.82 Å². The van der Waals surface area contributed by atoms with Gasteiger partial charge in [-0.25, -0.2) is 4.39 Å². The van der Waals surface area contributed by atoms with Gasteiger partial charge in [-0.05, 0) is 47.9 Å². The number of hydrogen-bond acceptors (Lipinski definition) is 1. The molecule has 0 unspecified atom stereocenters. The van der Waals surface area contributed by atoms with Gasteiger partial charge < -0.3 is 4.90 Å². The topological polar surface area (TPSA) is 3.24 Å². The Bertz CT molecular complexity index is 712. The van der Waals surface area contributed by atoms with Crippen molar-refractivity contribution in [3.05, 3.63) is 63.9 Å². The predicted octanol–water partition coefficient (Wildman–Crippen LogP) is 5.06. The second kappa shape index (κ2) is 5.47. The maximum absolute atomic E-state index is 13.2. The third-order valence-electron chi connectivity index (χ3n) is 3.80. The quantitative estimate of drug-likeness (QED) is 0.661. The van der Waals surface area contributed by atoms with E-state index in [0.29, 0.717) is 25.2 Å². The van der Waals surface area contributed by atoms with Gasteiger partial charge in [-0.2, -0.15) is 13.2 Å². The minimum absolute atomic E-state index is 0.293. The van der Waals surface area contributed by atoms with Crippen molar-refractivity contribution in [1.29, 1.82) is 0 Å². The van der Waals surface area contributed by atoms with E-state index in [1.807, 2.05) is 4.90 Å². The highest BCUT2D eigenvalue weighted by Gasteiger charge is 2.34. The molecule has 0 N–H and O–H groups in total. The molecule has 6 heteroatoms. The Balaban J connectivity index is 1.92. The highest BCUT2D eigenvalue weighted by molar-refractivity contribution is 6.31. The van der Waals surface area contributed by atoms with Gasteiger partial charge in [0.25, 0.3) is 0 Å². The van der Waals surface area contributed by atoms with E-state index in [2.05, 4.69) is 0 Å². The van der Waals surface area contributed by atoms with Gasteiger partial charge >= 0.3 is 6.18 Å². The van der Waals surface area contributed by atoms with Crippen LogP contribution in [0.3, 0.4) is 0 Å². The van der Waals surface area contributed by atoms with E-state index in [9.17, 15) is 17.6 Å². The lowest BCUT2D eigenvalue weighted by molar-refractivity contribution is -0.137. The van der Waals surface area contributed by atoms with Gasteiger partial charge in [0.2, 0.25) is 0 Å². The first kappa shape index (κ1) is 15.2. The fourth-order valence-corrected chi connectivity index (χ4v) is 2.89. The van der Waals surface area contributed by atoms with Crippen LogP contribution < -0.4 is 4.90 Å². The van der Waals surface area contributed by atoms with Crippen LogP contribution in [0.4, 0.5) is 23.2 Å². The highest BCUT2D eigenvalue weighted by Crippen LogP contribution is 2.37. The SMILES string of the molecule is Fc1ccc2c(c1)CCN(c1ccc(Cl)c(C(F)(F)F)c1)C2. The average molecular weight is 330 g/mol. The number of anilines is 1. The maximum Gasteiger partial charge on any atom is 0.417 e. The predicted molar refractivity (Wildman–Crippen MR) is 77.6 cm³/mol. The molecule has 0 atom stereocenters. The molecule has 3 rings (SSSR count). The molecule has 1 nitrogen and oxygen atoms in total. The molecule has 0 aliphatic carbocycles. The van der Waals surface area contributed by atoms with Crippen LogP contribution in [-0.2, 0) is 19.1 Å². The van der Waals surface area contributed by atoms with Crippen LogP contribution >= 0.6 is 11.6 Å². The molecule has 0 amide bonds. The van der Waals surface area contributed by atoms with Crippen molar-refractivity contribution < 1.29 is 17.6 Å². The van der Waals surface area contributed by atoms with Crippen LogP contribution in [0.15, 0.2) is 36.4 Å². The van der Waals surface area contributed by atoms with E-state index >= 15 is 0 Å². The molecule has 2 aromatic carbocycles. The Morgan fingerprint density at radius 3 is 2.50 bits per heavy atom. The molecule has 116 valence electrons. The Hall–Kier alpha value is -1.75. The van der Waals surface area contributed by atoms with Crippen molar-refractivity contribution in [1.82, 2.24) is 0 Å². The molecule has 0 saturated heterocycles. The van der Waals surface area contributed by atoms with Crippen molar-refractivity contribution in [3.8, 4) is 0 Å². The van der Waals surface area contributed by atoms with E-state index in [4.69, 9.17) is 11.6 Å². The van der Waals surface area contributed by atoms with E-state index in [1.165, 1.54) is 18.2 Å². The van der Waals surface area contributed by atoms with E-state index in [0.717, 1.165) is 17.2 Å². The Labute approximate surface area is 130 Å². The minimum Gasteiger partial charge on any atom is -0.367 e. The van der Waals surface area contributed by atoms with Gasteiger partial charge in [0.15, 0.2) is 0 Å². The minimum atomic E-state index is -4.48. The zero-order valence-corrected chi connectivity index (χ0v) is 12.2. The van der Waals surface area contributed by atoms with Crippen molar-refractivity contribution in [2.24, 2.45) is 0 Å². The molecule has 1 aliphatic heterocycles. The van der Waals surface area contributed by atoms with Crippen molar-refractivity contribution in [2.45, 2.75) is 19.1 Å². The van der Waals surface area contributed by atoms with Crippen LogP contribution in [0, 0.1) is 5.82 Å². The van der Waals surface area contributed by atoms with Crippen molar-refractivity contribution in [3.63, 3.8) is 0 Å². The average Bonchev–Trinajstić information content (AvgIpc) is 2.46. The summed E-state index contributed by atoms with van der Waals surface area (Å²) < 4.78 is 52.0. The first-order valence-corrected chi connectivity index (χ1v) is 7.11. The number of rotatable bonds is 1. The Morgan fingerprint density at radius 2 is 1.77 bits per heavy atom. The number of benzene rings is 2. The summed E-state index contributed by atoms with van der Waals surface area (Å²) in [6, 6.07) is 8.43. The Morgan fingerprint density at radius 1 is 1.00 bits per heavy atom. The van der Waals surface area contributed by atoms with E-state index < -0.39 is 11.7 Å². The number of alkyl halides is 3. The molecule has 1 aliphatic rings. The van der Waals surface area contributed by atoms with Gasteiger partial charge in [0, 0.05) is 18.8 Å². The second-order valence-corrected chi connectivity index (χ2v) is 5.65. The summed E-state index contributed by atoms with van der Waals surface area (Å²) in [5, 5.41) is -0.310. The lowest BCUT2D eigenvalue weighted by atomic mass is 9.99. The fourth-order valence-electron chi connectivity index (χ4n) is 2.67. The zero-order valence-electron chi connectivity index (χ0n) is 11.4. The van der Waals surface area contributed by atoms with Crippen LogP contribution in [0.2, 0.25) is 5.02 Å². The smallest absolute Gasteiger partial charge is 0.367 e. The molecule has 1 heterocycles. The normalized spacial score (nSPS) is 14.9. The molecule has 22 heavy (non-hydrogen) atoms. The summed E-state index contributed by atoms with van der Waals surface area (Å²) >= 11 is 5.64. The molecule has 0 spiro atoms. The van der Waals surface area contributed by atoms with Crippen molar-refractivity contribution >= 4 is 17.3 Å². The number of nitrogens with zero attached hydrogens (tertiary/aromatic N) is 1. The second-order valence-electron chi connectivity index (χ2n) is 5.25. The van der Waals surface area contributed by atoms with Crippen molar-refractivity contribution in [2.75, 3.05) is 11.4 Å². The molecule has 0 bridgehead atoms. The lowest BCUT2D eigenvalue weighted by Gasteiger charge is -2.31. The maximum atomic E-state index is 13.2. The van der Waals surface area contributed by atoms with Crippen LogP contribution in [0.1, 0.15) is 16.7 Å². The summed E-state index contributed by atoms with van der Waals surface area (Å²) in [5.41, 5.74) is 1.46. The first-order valence-electron chi connectivity index (χ1n) is 6.73. The third-order valence-corrected chi connectivity index (χ3v) is 4.13. The molecule has 0 saturated carbocycles. The molecule has 0 aromatic heterocycles. The van der Waals surface area contributed by atoms with Gasteiger partial charge in [0.05, 0.1) is 10.6 Å². The first-order chi connectivity index (χ1) is 10.3. The molecule has 0 fully saturated rings. The number of hydrogen-bond donors (Lipinski definition) is 0. The molecule has 0 radical (unpaired) electrons. The van der Waals surface area contributed by atoms with E-state index in [-0.39, 0.29) is 10.8 Å². The van der Waals surface area contributed by atoms with Crippen LogP contribution in [0.25, 0.3) is 0 Å². The number of fused-ring (bicyclic) bond motifs is 1. The van der Waals surface area contributed by atoms with Crippen LogP contribution in [0.5, 0.6) is 0 Å². The third kappa shape index (κ3) is 2.90. The highest BCUT2D eigenvalue weighted by atomic mass is 35.5. The fraction of sp³-hybridized carbons (Fsp3) is 0.250. The standard InChI is InChI=1S/C16H12ClF4N/c17-15-4-3-13(8-14(15)16(19,20)21)22-6-5-10-7-12(18)2-1-11(10)9-22/h1-4,7-8H,5-6,9H2. The van der Waals surface area contributed by atoms with Crippen LogP contribution in [-0.4, -0.2) is 6.54 Å². The van der Waals surface area contributed by atoms with Gasteiger partial charge in [-0.3, -0.25) is 0 Å². The lowest BCUT2D eigenvalue weighted by Crippen LogP contribution is -2.30. The zero-order chi connectivity index (χ0) is 15.9. The summed E-state index contributed by atoms with van der Waals surface area (Å²) in [7, 11) is 0. The Kier molecular flexibility index (Phi) is 3.77. The molecular formula is C16H12ClF4N. The summed E-state index contributed by atoms with van der Waals surface area (Å²) in [6.07, 6.45) is -3.89. The summed E-state index contributed by atoms with van der Waals surface area (Å²) in [4.78, 5) is 1.84. The number of halogens is 5. The summed E-state index contributed by atoms with van der Waals surface area (Å²) in [6.45, 7) is 0.990. The largest absolute Gasteiger partial charge is 0.417 e. The van der Waals surface area contributed by atoms with Gasteiger partial charge in [-0.1, -0.05) is 17.7 Å². The van der Waals surface area contributed by atoms with E-state index in [1.54, 1.807) is 12.1 Å². The molecule has 2 aromatic rings. The molecular weight excluding hydrogens is 318 g/mol. The van der Waals surface area contributed by atoms with Gasteiger partial charge in [-0.15, -0.1) is 0 Å². The summed E-state index contributed by atoms with van der Waals surface area (Å²) in [5.74, 6) is -0.293. The monoisotopic (exact) mass is 329 g/mol.